The third-order valence-electron chi connectivity index (χ3n) is 2.72. The second-order valence-electron chi connectivity index (χ2n) is 3.98. The fourth-order valence-corrected chi connectivity index (χ4v) is 1.24. The number of allylic oxidation sites excluding steroid dienone is 8. The molecule has 78 valence electrons. The maximum atomic E-state index is 3.12. The van der Waals surface area contributed by atoms with Crippen LogP contribution in [0.25, 0.3) is 0 Å². The Kier molecular flexibility index (Phi) is 7.10. The summed E-state index contributed by atoms with van der Waals surface area (Å²) in [5.41, 5.74) is 5.69. The topological polar surface area (TPSA) is 0 Å². The molecule has 2 aliphatic rings. The van der Waals surface area contributed by atoms with E-state index in [1.165, 1.54) is 22.3 Å². The molecule has 0 spiro atoms. The fourth-order valence-electron chi connectivity index (χ4n) is 1.24. The number of hydrogen-bond acceptors (Lipinski definition) is 0. The molecule has 0 radical (unpaired) electrons. The maximum Gasteiger partial charge on any atom is 2.00 e. The average molecular weight is 278 g/mol. The Morgan fingerprint density at radius 1 is 0.800 bits per heavy atom. The van der Waals surface area contributed by atoms with E-state index < -0.39 is 0 Å². The molecule has 0 aromatic rings. The van der Waals surface area contributed by atoms with Crippen LogP contribution in [0.4, 0.5) is 0 Å². The normalized spacial score (nSPS) is 17.9. The molecular formula is C14H18Zr. The van der Waals surface area contributed by atoms with Crippen LogP contribution in [-0.2, 0) is 26.2 Å². The van der Waals surface area contributed by atoms with Crippen molar-refractivity contribution in [2.45, 2.75) is 40.5 Å². The van der Waals surface area contributed by atoms with Crippen molar-refractivity contribution in [1.29, 1.82) is 0 Å². The molecule has 0 aromatic heterocycles. The molecule has 0 nitrogen and oxygen atoms in total. The van der Waals surface area contributed by atoms with Gasteiger partial charge in [0.05, 0.1) is 0 Å². The Morgan fingerprint density at radius 2 is 1.13 bits per heavy atom. The molecular weight excluding hydrogens is 259 g/mol. The van der Waals surface area contributed by atoms with Crippen LogP contribution >= 0.6 is 0 Å². The second kappa shape index (κ2) is 7.17. The van der Waals surface area contributed by atoms with Crippen LogP contribution in [0.2, 0.25) is 0 Å². The molecule has 0 unspecified atom stereocenters. The minimum Gasteiger partial charge on any atom is -0.272 e. The smallest absolute Gasteiger partial charge is 0.272 e. The molecule has 2 rings (SSSR count). The van der Waals surface area contributed by atoms with Gasteiger partial charge in [-0.3, -0.25) is 12.2 Å². The van der Waals surface area contributed by atoms with Crippen molar-refractivity contribution >= 4 is 0 Å². The van der Waals surface area contributed by atoms with Gasteiger partial charge in [0.1, 0.15) is 0 Å². The molecule has 2 aliphatic carbocycles. The van der Waals surface area contributed by atoms with E-state index in [1.54, 1.807) is 0 Å². The van der Waals surface area contributed by atoms with Crippen molar-refractivity contribution in [3.63, 3.8) is 0 Å². The summed E-state index contributed by atoms with van der Waals surface area (Å²) in [7, 11) is 0. The third-order valence-corrected chi connectivity index (χ3v) is 2.72. The summed E-state index contributed by atoms with van der Waals surface area (Å²) in [6, 6.07) is 0. The summed E-state index contributed by atoms with van der Waals surface area (Å²) in [6.07, 6.45) is 12.4. The summed E-state index contributed by atoms with van der Waals surface area (Å²) >= 11 is 0. The molecule has 0 bridgehead atoms. The molecule has 0 atom stereocenters. The predicted molar refractivity (Wildman–Crippen MR) is 61.6 cm³/mol. The van der Waals surface area contributed by atoms with Gasteiger partial charge in [-0.25, -0.2) is 23.3 Å². The standard InChI is InChI=1S/2C7H9.Zr/c2*1-6-4-3-5-7(6)2;/h2*4H,5H2,1-2H3;/q2*-1;+2. The summed E-state index contributed by atoms with van der Waals surface area (Å²) in [5, 5.41) is 0. The van der Waals surface area contributed by atoms with Gasteiger partial charge in [0.25, 0.3) is 0 Å². The number of hydrogen-bond donors (Lipinski definition) is 0. The summed E-state index contributed by atoms with van der Waals surface area (Å²) in [5.74, 6) is 0. The van der Waals surface area contributed by atoms with E-state index in [1.807, 2.05) is 0 Å². The molecule has 0 saturated carbocycles. The molecule has 0 amide bonds. The van der Waals surface area contributed by atoms with Crippen LogP contribution in [0.1, 0.15) is 40.5 Å². The summed E-state index contributed by atoms with van der Waals surface area (Å²) in [4.78, 5) is 0. The first-order valence-electron chi connectivity index (χ1n) is 5.07. The van der Waals surface area contributed by atoms with Crippen LogP contribution < -0.4 is 0 Å². The van der Waals surface area contributed by atoms with Crippen molar-refractivity contribution < 1.29 is 26.2 Å². The fraction of sp³-hybridized carbons (Fsp3) is 0.429. The zero-order chi connectivity index (χ0) is 10.6. The Hall–Kier alpha value is -0.157. The molecule has 0 aliphatic heterocycles. The minimum atomic E-state index is 0. The Morgan fingerprint density at radius 3 is 1.20 bits per heavy atom. The van der Waals surface area contributed by atoms with Crippen LogP contribution in [0.15, 0.2) is 34.4 Å². The van der Waals surface area contributed by atoms with Gasteiger partial charge in [-0.15, -0.1) is 26.7 Å². The minimum absolute atomic E-state index is 0. The van der Waals surface area contributed by atoms with Crippen LogP contribution in [0, 0.1) is 12.2 Å². The predicted octanol–water partition coefficient (Wildman–Crippen LogP) is 4.17. The Balaban J connectivity index is 0.000000245. The Bertz CT molecular complexity index is 293. The van der Waals surface area contributed by atoms with Crippen molar-refractivity contribution in [1.82, 2.24) is 0 Å². The van der Waals surface area contributed by atoms with E-state index in [-0.39, 0.29) is 26.2 Å². The summed E-state index contributed by atoms with van der Waals surface area (Å²) in [6.45, 7) is 8.53. The van der Waals surface area contributed by atoms with Crippen LogP contribution in [-0.4, -0.2) is 0 Å². The van der Waals surface area contributed by atoms with Crippen LogP contribution in [0.5, 0.6) is 0 Å². The van der Waals surface area contributed by atoms with Gasteiger partial charge in [-0.2, -0.15) is 11.1 Å². The zero-order valence-corrected chi connectivity index (χ0v) is 12.5. The van der Waals surface area contributed by atoms with E-state index in [2.05, 4.69) is 52.0 Å². The van der Waals surface area contributed by atoms with Gasteiger partial charge in [-0.1, -0.05) is 13.8 Å². The largest absolute Gasteiger partial charge is 2.00 e. The maximum absolute atomic E-state index is 3.12. The van der Waals surface area contributed by atoms with Crippen molar-refractivity contribution in [3.8, 4) is 0 Å². The monoisotopic (exact) mass is 276 g/mol. The van der Waals surface area contributed by atoms with E-state index in [0.717, 1.165) is 12.8 Å². The molecule has 15 heavy (non-hydrogen) atoms. The molecule has 0 fully saturated rings. The average Bonchev–Trinajstić information content (AvgIpc) is 2.67. The van der Waals surface area contributed by atoms with Gasteiger partial charge in [0, 0.05) is 0 Å². The van der Waals surface area contributed by atoms with E-state index in [0.29, 0.717) is 0 Å². The SMILES string of the molecule is CC1=C(C)C[C-]=C1.CC1=C(C)C[C-]=C1.[Zr+2]. The second-order valence-corrected chi connectivity index (χ2v) is 3.98. The Labute approximate surface area is 113 Å². The van der Waals surface area contributed by atoms with E-state index >= 15 is 0 Å². The third kappa shape index (κ3) is 4.93. The molecule has 0 saturated heterocycles. The van der Waals surface area contributed by atoms with Crippen molar-refractivity contribution in [2.24, 2.45) is 0 Å². The first-order chi connectivity index (χ1) is 6.61. The first kappa shape index (κ1) is 14.8. The van der Waals surface area contributed by atoms with Crippen LogP contribution in [0.3, 0.4) is 0 Å². The van der Waals surface area contributed by atoms with Gasteiger partial charge in [0.2, 0.25) is 0 Å². The summed E-state index contributed by atoms with van der Waals surface area (Å²) < 4.78 is 0. The van der Waals surface area contributed by atoms with E-state index in [4.69, 9.17) is 0 Å². The van der Waals surface area contributed by atoms with Gasteiger partial charge >= 0.3 is 26.2 Å². The van der Waals surface area contributed by atoms with Crippen molar-refractivity contribution in [2.75, 3.05) is 0 Å². The number of rotatable bonds is 0. The van der Waals surface area contributed by atoms with Crippen molar-refractivity contribution in [3.05, 3.63) is 46.6 Å². The van der Waals surface area contributed by atoms with E-state index in [9.17, 15) is 0 Å². The van der Waals surface area contributed by atoms with Gasteiger partial charge in [-0.05, 0) is 0 Å². The molecule has 1 heteroatoms. The first-order valence-corrected chi connectivity index (χ1v) is 5.07. The van der Waals surface area contributed by atoms with Gasteiger partial charge in [0.15, 0.2) is 0 Å². The molecule has 0 N–H and O–H groups in total. The zero-order valence-electron chi connectivity index (χ0n) is 10.1. The van der Waals surface area contributed by atoms with Gasteiger partial charge < -0.3 is 0 Å². The molecule has 0 heterocycles. The quantitative estimate of drug-likeness (QED) is 0.583. The molecule has 0 aromatic carbocycles.